The van der Waals surface area contributed by atoms with E-state index in [0.29, 0.717) is 21.2 Å². The fourth-order valence-electron chi connectivity index (χ4n) is 2.39. The summed E-state index contributed by atoms with van der Waals surface area (Å²) >= 11 is 7.63. The van der Waals surface area contributed by atoms with E-state index < -0.39 is 10.8 Å². The first-order valence-electron chi connectivity index (χ1n) is 7.65. The Morgan fingerprint density at radius 2 is 1.92 bits per heavy atom. The molecule has 0 fully saturated rings. The van der Waals surface area contributed by atoms with Gasteiger partial charge in [0, 0.05) is 22.2 Å². The molecule has 6 nitrogen and oxygen atoms in total. The number of aryl methyl sites for hydroxylation is 1. The number of nitro benzene ring substituents is 1. The molecule has 26 heavy (non-hydrogen) atoms. The Morgan fingerprint density at radius 1 is 1.23 bits per heavy atom. The maximum atomic E-state index is 12.4. The minimum Gasteiger partial charge on any atom is -0.266 e. The van der Waals surface area contributed by atoms with Gasteiger partial charge in [-0.05, 0) is 43.2 Å². The highest BCUT2D eigenvalue weighted by atomic mass is 35.5. The molecule has 1 amide bonds. The summed E-state index contributed by atoms with van der Waals surface area (Å²) < 4.78 is 0.941. The van der Waals surface area contributed by atoms with Gasteiger partial charge in [0.2, 0.25) is 0 Å². The second kappa shape index (κ2) is 7.23. The van der Waals surface area contributed by atoms with Crippen molar-refractivity contribution >= 4 is 50.3 Å². The van der Waals surface area contributed by atoms with Crippen molar-refractivity contribution in [3.63, 3.8) is 0 Å². The highest BCUT2D eigenvalue weighted by Gasteiger charge is 2.17. The van der Waals surface area contributed by atoms with E-state index in [1.54, 1.807) is 19.1 Å². The normalized spacial score (nSPS) is 11.6. The molecule has 0 spiro atoms. The first kappa shape index (κ1) is 18.0. The van der Waals surface area contributed by atoms with Crippen LogP contribution in [0.25, 0.3) is 10.1 Å². The molecule has 1 heterocycles. The molecular formula is C18H14ClN3O3S. The van der Waals surface area contributed by atoms with Gasteiger partial charge in [0.25, 0.3) is 11.6 Å². The molecule has 0 aliphatic heterocycles. The van der Waals surface area contributed by atoms with Gasteiger partial charge < -0.3 is 0 Å². The maximum Gasteiger partial charge on any atom is 0.283 e. The molecule has 0 radical (unpaired) electrons. The van der Waals surface area contributed by atoms with Crippen LogP contribution >= 0.6 is 22.9 Å². The highest BCUT2D eigenvalue weighted by molar-refractivity contribution is 7.21. The second-order valence-electron chi connectivity index (χ2n) is 5.69. The number of carbonyl (C=O) groups excluding carboxylic acids is 1. The highest BCUT2D eigenvalue weighted by Crippen LogP contribution is 2.35. The van der Waals surface area contributed by atoms with Crippen molar-refractivity contribution in [3.8, 4) is 0 Å². The van der Waals surface area contributed by atoms with Crippen LogP contribution in [0.15, 0.2) is 47.6 Å². The molecule has 2 aromatic carbocycles. The molecule has 0 atom stereocenters. The first-order chi connectivity index (χ1) is 12.4. The summed E-state index contributed by atoms with van der Waals surface area (Å²) in [5.74, 6) is -0.393. The lowest BCUT2D eigenvalue weighted by Gasteiger charge is -2.02. The Kier molecular flexibility index (Phi) is 5.01. The smallest absolute Gasteiger partial charge is 0.266 e. The van der Waals surface area contributed by atoms with E-state index in [1.165, 1.54) is 23.5 Å². The monoisotopic (exact) mass is 387 g/mol. The van der Waals surface area contributed by atoms with Crippen molar-refractivity contribution in [2.24, 2.45) is 5.10 Å². The Hall–Kier alpha value is -2.77. The van der Waals surface area contributed by atoms with Gasteiger partial charge in [0.1, 0.15) is 4.88 Å². The zero-order chi connectivity index (χ0) is 18.8. The number of thiophene rings is 1. The van der Waals surface area contributed by atoms with E-state index in [2.05, 4.69) is 10.5 Å². The number of benzene rings is 2. The molecule has 0 saturated carbocycles. The van der Waals surface area contributed by atoms with Crippen LogP contribution in [0.1, 0.15) is 27.7 Å². The van der Waals surface area contributed by atoms with E-state index in [0.717, 1.165) is 15.6 Å². The van der Waals surface area contributed by atoms with E-state index in [1.807, 2.05) is 25.1 Å². The topological polar surface area (TPSA) is 84.6 Å². The van der Waals surface area contributed by atoms with Crippen molar-refractivity contribution in [1.29, 1.82) is 0 Å². The second-order valence-corrected chi connectivity index (χ2v) is 7.12. The Balaban J connectivity index is 1.80. The van der Waals surface area contributed by atoms with Crippen LogP contribution in [0.5, 0.6) is 0 Å². The molecule has 0 bridgehead atoms. The SMILES string of the molecule is CC(=NNC(=O)c1sc2cc(C)ccc2c1Cl)c1ccc([N+](=O)[O-])cc1. The number of hydrogen-bond donors (Lipinski definition) is 1. The van der Waals surface area contributed by atoms with Gasteiger partial charge in [-0.3, -0.25) is 14.9 Å². The maximum absolute atomic E-state index is 12.4. The lowest BCUT2D eigenvalue weighted by atomic mass is 10.1. The molecular weight excluding hydrogens is 374 g/mol. The van der Waals surface area contributed by atoms with Crippen LogP contribution in [0.3, 0.4) is 0 Å². The van der Waals surface area contributed by atoms with Crippen LogP contribution in [0, 0.1) is 17.0 Å². The molecule has 0 aliphatic carbocycles. The van der Waals surface area contributed by atoms with Crippen LogP contribution in [-0.4, -0.2) is 16.5 Å². The van der Waals surface area contributed by atoms with Crippen molar-refractivity contribution < 1.29 is 9.72 Å². The number of nitrogens with zero attached hydrogens (tertiary/aromatic N) is 2. The first-order valence-corrected chi connectivity index (χ1v) is 8.84. The number of halogens is 1. The minimum atomic E-state index is -0.469. The van der Waals surface area contributed by atoms with E-state index in [-0.39, 0.29) is 5.69 Å². The third kappa shape index (κ3) is 3.58. The molecule has 0 unspecified atom stereocenters. The number of hydrazone groups is 1. The molecule has 3 aromatic rings. The predicted octanol–water partition coefficient (Wildman–Crippen LogP) is 4.93. The molecule has 1 aromatic heterocycles. The number of carbonyl (C=O) groups is 1. The van der Waals surface area contributed by atoms with Gasteiger partial charge in [0.15, 0.2) is 0 Å². The molecule has 8 heteroatoms. The van der Waals surface area contributed by atoms with Crippen molar-refractivity contribution in [2.45, 2.75) is 13.8 Å². The quantitative estimate of drug-likeness (QED) is 0.391. The number of rotatable bonds is 4. The Bertz CT molecular complexity index is 1040. The zero-order valence-corrected chi connectivity index (χ0v) is 15.5. The average molecular weight is 388 g/mol. The van der Waals surface area contributed by atoms with Gasteiger partial charge in [-0.25, -0.2) is 5.43 Å². The predicted molar refractivity (Wildman–Crippen MR) is 104 cm³/mol. The summed E-state index contributed by atoms with van der Waals surface area (Å²) in [6, 6.07) is 11.8. The largest absolute Gasteiger partial charge is 0.283 e. The Morgan fingerprint density at radius 3 is 2.58 bits per heavy atom. The summed E-state index contributed by atoms with van der Waals surface area (Å²) in [5, 5.41) is 16.0. The van der Waals surface area contributed by atoms with Crippen LogP contribution in [0.4, 0.5) is 5.69 Å². The molecule has 3 rings (SSSR count). The zero-order valence-electron chi connectivity index (χ0n) is 13.9. The number of non-ortho nitro benzene ring substituents is 1. The van der Waals surface area contributed by atoms with Gasteiger partial charge in [-0.1, -0.05) is 23.7 Å². The van der Waals surface area contributed by atoms with Gasteiger partial charge in [-0.2, -0.15) is 5.10 Å². The summed E-state index contributed by atoms with van der Waals surface area (Å²) in [6.07, 6.45) is 0. The van der Waals surface area contributed by atoms with Crippen molar-refractivity contribution in [3.05, 3.63) is 73.6 Å². The molecule has 0 aliphatic rings. The van der Waals surface area contributed by atoms with Crippen LogP contribution < -0.4 is 5.43 Å². The van der Waals surface area contributed by atoms with E-state index >= 15 is 0 Å². The lowest BCUT2D eigenvalue weighted by Crippen LogP contribution is -2.18. The number of hydrogen-bond acceptors (Lipinski definition) is 5. The lowest BCUT2D eigenvalue weighted by molar-refractivity contribution is -0.384. The fourth-order valence-corrected chi connectivity index (χ4v) is 3.90. The van der Waals surface area contributed by atoms with Crippen molar-refractivity contribution in [2.75, 3.05) is 0 Å². The number of nitrogens with one attached hydrogen (secondary N) is 1. The van der Waals surface area contributed by atoms with Crippen LogP contribution in [0.2, 0.25) is 5.02 Å². The third-order valence-electron chi connectivity index (χ3n) is 3.81. The summed E-state index contributed by atoms with van der Waals surface area (Å²) in [4.78, 5) is 23.0. The number of nitro groups is 1. The summed E-state index contributed by atoms with van der Waals surface area (Å²) in [5.41, 5.74) is 4.79. The molecule has 1 N–H and O–H groups in total. The number of fused-ring (bicyclic) bond motifs is 1. The fraction of sp³-hybridized carbons (Fsp3) is 0.111. The van der Waals surface area contributed by atoms with Crippen LogP contribution in [-0.2, 0) is 0 Å². The third-order valence-corrected chi connectivity index (χ3v) is 5.47. The summed E-state index contributed by atoms with van der Waals surface area (Å²) in [7, 11) is 0. The summed E-state index contributed by atoms with van der Waals surface area (Å²) in [6.45, 7) is 3.68. The van der Waals surface area contributed by atoms with Gasteiger partial charge in [-0.15, -0.1) is 11.3 Å². The standard InChI is InChI=1S/C18H14ClN3O3S/c1-10-3-8-14-15(9-10)26-17(16(14)19)18(23)21-20-11(2)12-4-6-13(7-5-12)22(24)25/h3-9H,1-2H3,(H,21,23). The van der Waals surface area contributed by atoms with Gasteiger partial charge >= 0.3 is 0 Å². The molecule has 132 valence electrons. The van der Waals surface area contributed by atoms with E-state index in [9.17, 15) is 14.9 Å². The van der Waals surface area contributed by atoms with Crippen molar-refractivity contribution in [1.82, 2.24) is 5.43 Å². The Labute approximate surface area is 158 Å². The molecule has 0 saturated heterocycles. The van der Waals surface area contributed by atoms with E-state index in [4.69, 9.17) is 11.6 Å². The average Bonchev–Trinajstić information content (AvgIpc) is 2.95. The minimum absolute atomic E-state index is 0.00191. The number of amides is 1. The van der Waals surface area contributed by atoms with Gasteiger partial charge in [0.05, 0.1) is 15.7 Å².